The van der Waals surface area contributed by atoms with Gasteiger partial charge in [0.2, 0.25) is 0 Å². The van der Waals surface area contributed by atoms with Crippen LogP contribution in [0.25, 0.3) is 0 Å². The van der Waals surface area contributed by atoms with Crippen LogP contribution in [0.15, 0.2) is 18.5 Å². The van der Waals surface area contributed by atoms with Gasteiger partial charge in [-0.25, -0.2) is 0 Å². The molecule has 0 atom stereocenters. The van der Waals surface area contributed by atoms with Crippen molar-refractivity contribution in [2.24, 2.45) is 0 Å². The number of hydrogen-bond acceptors (Lipinski definition) is 2. The molecule has 1 aromatic heterocycles. The Bertz CT molecular complexity index is 372. The van der Waals surface area contributed by atoms with Crippen LogP contribution in [0, 0.1) is 6.92 Å². The Morgan fingerprint density at radius 1 is 1.47 bits per heavy atom. The maximum Gasteiger partial charge on any atom is 0.255 e. The third kappa shape index (κ3) is 2.01. The van der Waals surface area contributed by atoms with Gasteiger partial charge < -0.3 is 4.90 Å². The van der Waals surface area contributed by atoms with Gasteiger partial charge in [0.25, 0.3) is 5.91 Å². The van der Waals surface area contributed by atoms with E-state index in [1.807, 2.05) is 24.9 Å². The molecule has 1 aromatic rings. The summed E-state index contributed by atoms with van der Waals surface area (Å²) >= 11 is 0. The van der Waals surface area contributed by atoms with Crippen LogP contribution in [0.3, 0.4) is 0 Å². The van der Waals surface area contributed by atoms with Crippen LogP contribution in [0.1, 0.15) is 35.2 Å². The van der Waals surface area contributed by atoms with Gasteiger partial charge >= 0.3 is 0 Å². The van der Waals surface area contributed by atoms with Crippen molar-refractivity contribution in [3.05, 3.63) is 29.6 Å². The van der Waals surface area contributed by atoms with Gasteiger partial charge in [0, 0.05) is 25.5 Å². The van der Waals surface area contributed by atoms with E-state index in [1.54, 1.807) is 12.4 Å². The molecule has 1 aliphatic rings. The minimum Gasteiger partial charge on any atom is -0.339 e. The summed E-state index contributed by atoms with van der Waals surface area (Å²) < 4.78 is 0. The number of amides is 1. The highest BCUT2D eigenvalue weighted by Crippen LogP contribution is 2.24. The van der Waals surface area contributed by atoms with Crippen molar-refractivity contribution in [1.29, 1.82) is 0 Å². The standard InChI is InChI=1S/C12H16N2O/c1-9-6-10(8-13-7-9)12(15)14(2)11-4-3-5-11/h6-8,11H,3-5H2,1-2H3. The summed E-state index contributed by atoms with van der Waals surface area (Å²) in [6.07, 6.45) is 6.93. The van der Waals surface area contributed by atoms with E-state index in [9.17, 15) is 4.79 Å². The first-order valence-electron chi connectivity index (χ1n) is 5.37. The molecule has 1 fully saturated rings. The number of carbonyl (C=O) groups is 1. The highest BCUT2D eigenvalue weighted by Gasteiger charge is 2.26. The average molecular weight is 204 g/mol. The van der Waals surface area contributed by atoms with Gasteiger partial charge in [-0.3, -0.25) is 9.78 Å². The number of aromatic nitrogens is 1. The first kappa shape index (κ1) is 10.1. The molecule has 0 aliphatic heterocycles. The zero-order valence-corrected chi connectivity index (χ0v) is 9.23. The number of rotatable bonds is 2. The van der Waals surface area contributed by atoms with Crippen LogP contribution in [-0.2, 0) is 0 Å². The third-order valence-corrected chi connectivity index (χ3v) is 3.06. The lowest BCUT2D eigenvalue weighted by molar-refractivity contribution is 0.0651. The second-order valence-corrected chi connectivity index (χ2v) is 4.25. The maximum absolute atomic E-state index is 12.0. The largest absolute Gasteiger partial charge is 0.339 e. The zero-order valence-electron chi connectivity index (χ0n) is 9.23. The molecule has 0 saturated heterocycles. The van der Waals surface area contributed by atoms with Crippen LogP contribution in [0.2, 0.25) is 0 Å². The van der Waals surface area contributed by atoms with E-state index in [-0.39, 0.29) is 5.91 Å². The lowest BCUT2D eigenvalue weighted by atomic mass is 9.91. The van der Waals surface area contributed by atoms with E-state index in [4.69, 9.17) is 0 Å². The molecule has 0 unspecified atom stereocenters. The van der Waals surface area contributed by atoms with Gasteiger partial charge in [-0.2, -0.15) is 0 Å². The topological polar surface area (TPSA) is 33.2 Å². The van der Waals surface area contributed by atoms with Gasteiger partial charge in [0.15, 0.2) is 0 Å². The molecule has 1 heterocycles. The Kier molecular flexibility index (Phi) is 2.71. The van der Waals surface area contributed by atoms with Crippen molar-refractivity contribution in [2.45, 2.75) is 32.2 Å². The van der Waals surface area contributed by atoms with Gasteiger partial charge in [0.05, 0.1) is 5.56 Å². The maximum atomic E-state index is 12.0. The average Bonchev–Trinajstić information content (AvgIpc) is 2.14. The molecule has 0 spiro atoms. The Labute approximate surface area is 90.1 Å². The fourth-order valence-electron chi connectivity index (χ4n) is 1.82. The first-order chi connectivity index (χ1) is 7.18. The van der Waals surface area contributed by atoms with Gasteiger partial charge in [-0.15, -0.1) is 0 Å². The molecule has 0 aromatic carbocycles. The van der Waals surface area contributed by atoms with Gasteiger partial charge in [-0.1, -0.05) is 0 Å². The van der Waals surface area contributed by atoms with E-state index < -0.39 is 0 Å². The van der Waals surface area contributed by atoms with Crippen molar-refractivity contribution >= 4 is 5.91 Å². The van der Waals surface area contributed by atoms with Gasteiger partial charge in [-0.05, 0) is 37.8 Å². The van der Waals surface area contributed by atoms with Crippen LogP contribution in [-0.4, -0.2) is 28.9 Å². The predicted octanol–water partition coefficient (Wildman–Crippen LogP) is 2.01. The van der Waals surface area contributed by atoms with Crippen LogP contribution in [0.4, 0.5) is 0 Å². The molecular weight excluding hydrogens is 188 g/mol. The minimum atomic E-state index is 0.0934. The van der Waals surface area contributed by atoms with Crippen molar-refractivity contribution in [3.8, 4) is 0 Å². The normalized spacial score (nSPS) is 15.9. The smallest absolute Gasteiger partial charge is 0.255 e. The molecule has 1 aliphatic carbocycles. The number of nitrogens with zero attached hydrogens (tertiary/aromatic N) is 2. The minimum absolute atomic E-state index is 0.0934. The highest BCUT2D eigenvalue weighted by atomic mass is 16.2. The molecular formula is C12H16N2O. The third-order valence-electron chi connectivity index (χ3n) is 3.06. The quantitative estimate of drug-likeness (QED) is 0.738. The van der Waals surface area contributed by atoms with Crippen LogP contribution < -0.4 is 0 Å². The van der Waals surface area contributed by atoms with E-state index in [1.165, 1.54) is 6.42 Å². The highest BCUT2D eigenvalue weighted by molar-refractivity contribution is 5.94. The Morgan fingerprint density at radius 2 is 2.20 bits per heavy atom. The van der Waals surface area contributed by atoms with E-state index in [0.717, 1.165) is 18.4 Å². The molecule has 1 saturated carbocycles. The first-order valence-corrected chi connectivity index (χ1v) is 5.37. The molecule has 1 amide bonds. The molecule has 80 valence electrons. The Balaban J connectivity index is 2.12. The fourth-order valence-corrected chi connectivity index (χ4v) is 1.82. The second-order valence-electron chi connectivity index (χ2n) is 4.25. The summed E-state index contributed by atoms with van der Waals surface area (Å²) in [7, 11) is 1.88. The molecule has 3 nitrogen and oxygen atoms in total. The molecule has 0 radical (unpaired) electrons. The van der Waals surface area contributed by atoms with Crippen molar-refractivity contribution < 1.29 is 4.79 Å². The summed E-state index contributed by atoms with van der Waals surface area (Å²) in [6.45, 7) is 1.95. The molecule has 15 heavy (non-hydrogen) atoms. The zero-order chi connectivity index (χ0) is 10.8. The van der Waals surface area contributed by atoms with Crippen molar-refractivity contribution in [3.63, 3.8) is 0 Å². The van der Waals surface area contributed by atoms with Crippen LogP contribution in [0.5, 0.6) is 0 Å². The lowest BCUT2D eigenvalue weighted by Crippen LogP contribution is -2.41. The predicted molar refractivity (Wildman–Crippen MR) is 58.7 cm³/mol. The molecule has 0 N–H and O–H groups in total. The van der Waals surface area contributed by atoms with E-state index >= 15 is 0 Å². The summed E-state index contributed by atoms with van der Waals surface area (Å²) in [5.74, 6) is 0.0934. The summed E-state index contributed by atoms with van der Waals surface area (Å²) in [6, 6.07) is 2.34. The summed E-state index contributed by atoms with van der Waals surface area (Å²) in [5.41, 5.74) is 1.73. The number of pyridine rings is 1. The molecule has 3 heteroatoms. The van der Waals surface area contributed by atoms with Crippen molar-refractivity contribution in [1.82, 2.24) is 9.88 Å². The fraction of sp³-hybridized carbons (Fsp3) is 0.500. The number of hydrogen-bond donors (Lipinski definition) is 0. The van der Waals surface area contributed by atoms with Crippen LogP contribution >= 0.6 is 0 Å². The van der Waals surface area contributed by atoms with Crippen molar-refractivity contribution in [2.75, 3.05) is 7.05 Å². The molecule has 0 bridgehead atoms. The van der Waals surface area contributed by atoms with E-state index in [2.05, 4.69) is 4.98 Å². The number of aryl methyl sites for hydroxylation is 1. The Hall–Kier alpha value is -1.38. The monoisotopic (exact) mass is 204 g/mol. The van der Waals surface area contributed by atoms with E-state index in [0.29, 0.717) is 11.6 Å². The second kappa shape index (κ2) is 4.01. The summed E-state index contributed by atoms with van der Waals surface area (Å²) in [5, 5.41) is 0. The van der Waals surface area contributed by atoms with Gasteiger partial charge in [0.1, 0.15) is 0 Å². The summed E-state index contributed by atoms with van der Waals surface area (Å²) in [4.78, 5) is 17.9. The molecule has 2 rings (SSSR count). The number of carbonyl (C=O) groups excluding carboxylic acids is 1. The SMILES string of the molecule is Cc1cncc(C(=O)N(C)C2CCC2)c1. The lowest BCUT2D eigenvalue weighted by Gasteiger charge is -2.34. The Morgan fingerprint density at radius 3 is 2.73 bits per heavy atom.